The van der Waals surface area contributed by atoms with Gasteiger partial charge in [-0.3, -0.25) is 0 Å². The first kappa shape index (κ1) is 20.9. The van der Waals surface area contributed by atoms with Crippen LogP contribution in [0.4, 0.5) is 5.69 Å². The van der Waals surface area contributed by atoms with Crippen LogP contribution >= 0.6 is 0 Å². The van der Waals surface area contributed by atoms with E-state index in [1.54, 1.807) is 12.1 Å². The summed E-state index contributed by atoms with van der Waals surface area (Å²) in [4.78, 5) is 13.4. The molecule has 158 valence electrons. The fourth-order valence-electron chi connectivity index (χ4n) is 4.44. The first-order valence-electron chi connectivity index (χ1n) is 11.1. The molecule has 1 aliphatic rings. The van der Waals surface area contributed by atoms with Crippen molar-refractivity contribution in [2.45, 2.75) is 26.2 Å². The van der Waals surface area contributed by atoms with Crippen molar-refractivity contribution in [1.29, 1.82) is 0 Å². The molecule has 3 nitrogen and oxygen atoms in total. The van der Waals surface area contributed by atoms with Crippen LogP contribution in [0.15, 0.2) is 78.9 Å². The van der Waals surface area contributed by atoms with Gasteiger partial charge in [-0.25, -0.2) is 0 Å². The number of hydrogen-bond acceptors (Lipinski definition) is 3. The second-order valence-corrected chi connectivity index (χ2v) is 8.13. The van der Waals surface area contributed by atoms with E-state index < -0.39 is 0 Å². The number of carbonyl (C=O) groups excluding carboxylic acids is 1. The van der Waals surface area contributed by atoms with Crippen molar-refractivity contribution in [3.8, 4) is 5.75 Å². The Kier molecular flexibility index (Phi) is 6.51. The maximum atomic E-state index is 11.0. The lowest BCUT2D eigenvalue weighted by atomic mass is 9.88. The molecule has 0 aliphatic carbocycles. The van der Waals surface area contributed by atoms with Gasteiger partial charge >= 0.3 is 0 Å². The van der Waals surface area contributed by atoms with E-state index in [9.17, 15) is 9.90 Å². The number of allylic oxidation sites excluding steroid dienone is 1. The van der Waals surface area contributed by atoms with Crippen molar-refractivity contribution in [1.82, 2.24) is 0 Å². The summed E-state index contributed by atoms with van der Waals surface area (Å²) < 4.78 is 0. The zero-order valence-corrected chi connectivity index (χ0v) is 18.0. The molecule has 1 fully saturated rings. The van der Waals surface area contributed by atoms with E-state index in [4.69, 9.17) is 0 Å². The summed E-state index contributed by atoms with van der Waals surface area (Å²) in [7, 11) is 0. The van der Waals surface area contributed by atoms with Crippen LogP contribution in [0.5, 0.6) is 5.75 Å². The van der Waals surface area contributed by atoms with Gasteiger partial charge in [0.15, 0.2) is 0 Å². The molecule has 31 heavy (non-hydrogen) atoms. The number of benzene rings is 3. The van der Waals surface area contributed by atoms with Crippen molar-refractivity contribution in [2.75, 3.05) is 18.0 Å². The quantitative estimate of drug-likeness (QED) is 0.389. The zero-order valence-electron chi connectivity index (χ0n) is 18.0. The second kappa shape index (κ2) is 9.65. The smallest absolute Gasteiger partial charge is 0.123 e. The minimum absolute atomic E-state index is 0.206. The third-order valence-electron chi connectivity index (χ3n) is 6.19. The van der Waals surface area contributed by atoms with Gasteiger partial charge in [-0.2, -0.15) is 0 Å². The number of rotatable bonds is 6. The van der Waals surface area contributed by atoms with Gasteiger partial charge in [-0.15, -0.1) is 0 Å². The van der Waals surface area contributed by atoms with E-state index in [1.165, 1.54) is 22.4 Å². The van der Waals surface area contributed by atoms with Crippen molar-refractivity contribution in [2.24, 2.45) is 5.92 Å². The van der Waals surface area contributed by atoms with Crippen molar-refractivity contribution >= 4 is 23.1 Å². The molecule has 0 spiro atoms. The number of aldehydes is 1. The fourth-order valence-corrected chi connectivity index (χ4v) is 4.44. The molecule has 1 saturated heterocycles. The Morgan fingerprint density at radius 2 is 1.45 bits per heavy atom. The third kappa shape index (κ3) is 4.72. The first-order valence-corrected chi connectivity index (χ1v) is 11.1. The van der Waals surface area contributed by atoms with Gasteiger partial charge in [0.1, 0.15) is 12.0 Å². The molecule has 1 heterocycles. The summed E-state index contributed by atoms with van der Waals surface area (Å²) in [6, 6.07) is 26.8. The highest BCUT2D eigenvalue weighted by Crippen LogP contribution is 2.36. The Bertz CT molecular complexity index is 1030. The number of phenols is 1. The lowest BCUT2D eigenvalue weighted by molar-refractivity contribution is -0.111. The largest absolute Gasteiger partial charge is 0.508 e. The van der Waals surface area contributed by atoms with Gasteiger partial charge in [-0.05, 0) is 71.4 Å². The van der Waals surface area contributed by atoms with Crippen LogP contribution in [0, 0.1) is 5.92 Å². The summed E-state index contributed by atoms with van der Waals surface area (Å²) in [5, 5.41) is 9.80. The van der Waals surface area contributed by atoms with Gasteiger partial charge in [0.2, 0.25) is 0 Å². The number of phenolic OH excluding ortho intramolecular Hbond substituents is 1. The second-order valence-electron chi connectivity index (χ2n) is 8.13. The number of carbonyl (C=O) groups is 1. The van der Waals surface area contributed by atoms with Gasteiger partial charge < -0.3 is 14.8 Å². The van der Waals surface area contributed by atoms with E-state index in [2.05, 4.69) is 60.4 Å². The Hall–Kier alpha value is -3.33. The molecule has 0 radical (unpaired) electrons. The van der Waals surface area contributed by atoms with Crippen LogP contribution in [-0.4, -0.2) is 24.5 Å². The first-order chi connectivity index (χ1) is 15.2. The maximum Gasteiger partial charge on any atom is 0.123 e. The van der Waals surface area contributed by atoms with E-state index in [-0.39, 0.29) is 11.7 Å². The van der Waals surface area contributed by atoms with E-state index in [1.807, 2.05) is 18.2 Å². The predicted octanol–water partition coefficient (Wildman–Crippen LogP) is 6.18. The normalized spacial score (nSPS) is 15.5. The summed E-state index contributed by atoms with van der Waals surface area (Å²) in [6.07, 6.45) is 3.86. The molecule has 1 aliphatic heterocycles. The number of aromatic hydroxyl groups is 1. The Morgan fingerprint density at radius 3 is 2.00 bits per heavy atom. The van der Waals surface area contributed by atoms with Crippen molar-refractivity contribution in [3.63, 3.8) is 0 Å². The fraction of sp³-hybridized carbons (Fsp3) is 0.250. The highest BCUT2D eigenvalue weighted by molar-refractivity contribution is 5.98. The van der Waals surface area contributed by atoms with Crippen molar-refractivity contribution < 1.29 is 9.90 Å². The van der Waals surface area contributed by atoms with Crippen LogP contribution in [0.1, 0.15) is 42.9 Å². The summed E-state index contributed by atoms with van der Waals surface area (Å²) >= 11 is 0. The lowest BCUT2D eigenvalue weighted by Crippen LogP contribution is -2.34. The lowest BCUT2D eigenvalue weighted by Gasteiger charge is -2.31. The van der Waals surface area contributed by atoms with Gasteiger partial charge in [-0.1, -0.05) is 61.5 Å². The molecule has 0 unspecified atom stereocenters. The highest BCUT2D eigenvalue weighted by atomic mass is 16.3. The monoisotopic (exact) mass is 411 g/mol. The van der Waals surface area contributed by atoms with Crippen LogP contribution in [0.2, 0.25) is 0 Å². The number of hydrogen-bond donors (Lipinski definition) is 1. The molecule has 3 aromatic carbocycles. The minimum atomic E-state index is 0.206. The molecule has 0 saturated carbocycles. The van der Waals surface area contributed by atoms with Crippen LogP contribution < -0.4 is 4.90 Å². The minimum Gasteiger partial charge on any atom is -0.508 e. The number of piperidine rings is 1. The Labute approximate surface area is 184 Å². The van der Waals surface area contributed by atoms with Crippen LogP contribution in [0.25, 0.3) is 11.1 Å². The topological polar surface area (TPSA) is 40.5 Å². The molecule has 3 aromatic rings. The predicted molar refractivity (Wildman–Crippen MR) is 128 cm³/mol. The highest BCUT2D eigenvalue weighted by Gasteiger charge is 2.19. The van der Waals surface area contributed by atoms with Gasteiger partial charge in [0.25, 0.3) is 0 Å². The Balaban J connectivity index is 1.73. The van der Waals surface area contributed by atoms with Crippen LogP contribution in [0.3, 0.4) is 0 Å². The van der Waals surface area contributed by atoms with Gasteiger partial charge in [0.05, 0.1) is 0 Å². The molecule has 0 atom stereocenters. The summed E-state index contributed by atoms with van der Waals surface area (Å²) in [5.74, 6) is 0.479. The molecule has 1 N–H and O–H groups in total. The van der Waals surface area contributed by atoms with Crippen molar-refractivity contribution in [3.05, 3.63) is 95.6 Å². The van der Waals surface area contributed by atoms with E-state index in [0.29, 0.717) is 0 Å². The molecule has 0 amide bonds. The standard InChI is InChI=1S/C28H29NO2/c1-2-27(22-6-4-3-5-7-22)28(24-10-14-26(31)15-11-24)23-8-12-25(13-9-23)29-18-16-21(20-30)17-19-29/h3-15,20-21,31H,2,16-19H2,1H3/b28-27+. The van der Waals surface area contributed by atoms with E-state index in [0.717, 1.165) is 49.8 Å². The zero-order chi connectivity index (χ0) is 21.6. The van der Waals surface area contributed by atoms with Crippen LogP contribution in [-0.2, 0) is 4.79 Å². The molecular formula is C28H29NO2. The summed E-state index contributed by atoms with van der Waals surface area (Å²) in [6.45, 7) is 4.04. The van der Waals surface area contributed by atoms with Gasteiger partial charge in [0, 0.05) is 24.7 Å². The molecular weight excluding hydrogens is 382 g/mol. The molecule has 0 aromatic heterocycles. The number of anilines is 1. The summed E-state index contributed by atoms with van der Waals surface area (Å²) in [5.41, 5.74) is 7.16. The molecule has 4 rings (SSSR count). The molecule has 0 bridgehead atoms. The number of nitrogens with zero attached hydrogens (tertiary/aromatic N) is 1. The SMILES string of the molecule is CC/C(=C(\c1ccc(O)cc1)c1ccc(N2CCC(C=O)CC2)cc1)c1ccccc1. The Morgan fingerprint density at radius 1 is 0.871 bits per heavy atom. The third-order valence-corrected chi connectivity index (χ3v) is 6.19. The maximum absolute atomic E-state index is 11.0. The molecule has 3 heteroatoms. The average molecular weight is 412 g/mol. The van der Waals surface area contributed by atoms with E-state index >= 15 is 0 Å². The average Bonchev–Trinajstić information content (AvgIpc) is 2.84.